The normalized spacial score (nSPS) is 41.2. The number of ether oxygens (including phenoxy) is 5. The van der Waals surface area contributed by atoms with E-state index in [0.29, 0.717) is 62.7 Å². The van der Waals surface area contributed by atoms with Gasteiger partial charge in [-0.1, -0.05) is 50.6 Å². The van der Waals surface area contributed by atoms with E-state index in [9.17, 15) is 29.7 Å². The van der Waals surface area contributed by atoms with Crippen LogP contribution in [0.4, 0.5) is 0 Å². The maximum absolute atomic E-state index is 14.4. The fourth-order valence-electron chi connectivity index (χ4n) is 9.63. The first-order valence-corrected chi connectivity index (χ1v) is 21.4. The van der Waals surface area contributed by atoms with Crippen molar-refractivity contribution < 1.29 is 58.2 Å². The lowest BCUT2D eigenvalue weighted by Crippen LogP contribution is -2.64. The third-order valence-corrected chi connectivity index (χ3v) is 13.1. The topological polar surface area (TPSA) is 183 Å². The van der Waals surface area contributed by atoms with Gasteiger partial charge in [-0.3, -0.25) is 9.59 Å². The minimum Gasteiger partial charge on any atom is -0.456 e. The van der Waals surface area contributed by atoms with Crippen LogP contribution in [0, 0.1) is 29.6 Å². The lowest BCUT2D eigenvalue weighted by atomic mass is 9.81. The Bertz CT molecular complexity index is 1480. The molecule has 0 aromatic heterocycles. The largest absolute Gasteiger partial charge is 0.456 e. The minimum atomic E-state index is -2.49. The molecule has 330 valence electrons. The number of hydrogen-bond acceptors (Lipinski definition) is 13. The predicted octanol–water partition coefficient (Wildman–Crippen LogP) is 4.91. The first-order valence-electron chi connectivity index (χ1n) is 21.4. The Morgan fingerprint density at radius 2 is 1.60 bits per heavy atom. The van der Waals surface area contributed by atoms with Crippen LogP contribution in [0.3, 0.4) is 0 Å². The van der Waals surface area contributed by atoms with Crippen LogP contribution in [0.5, 0.6) is 0 Å². The van der Waals surface area contributed by atoms with Gasteiger partial charge in [0.1, 0.15) is 25.4 Å². The van der Waals surface area contributed by atoms with E-state index in [1.165, 1.54) is 12.0 Å². The van der Waals surface area contributed by atoms with Gasteiger partial charge in [0.05, 0.1) is 36.2 Å². The maximum atomic E-state index is 14.4. The second-order valence-corrected chi connectivity index (χ2v) is 17.5. The number of cyclic esters (lactones) is 1. The summed E-state index contributed by atoms with van der Waals surface area (Å²) in [6.07, 6.45) is 4.90. The fraction of sp³-hybridized carbons (Fsp3) is 0.818. The summed E-state index contributed by atoms with van der Waals surface area (Å²) in [5.41, 5.74) is 2.47. The van der Waals surface area contributed by atoms with Crippen molar-refractivity contribution in [1.29, 1.82) is 0 Å². The van der Waals surface area contributed by atoms with Crippen LogP contribution < -0.4 is 0 Å². The molecule has 4 aliphatic rings. The minimum absolute atomic E-state index is 0.0231. The van der Waals surface area contributed by atoms with Crippen LogP contribution in [-0.2, 0) is 42.9 Å². The van der Waals surface area contributed by atoms with Crippen molar-refractivity contribution in [3.8, 4) is 0 Å². The van der Waals surface area contributed by atoms with Crippen LogP contribution in [0.1, 0.15) is 112 Å². The Morgan fingerprint density at radius 3 is 2.24 bits per heavy atom. The second kappa shape index (κ2) is 21.7. The van der Waals surface area contributed by atoms with Crippen LogP contribution in [0.25, 0.3) is 0 Å². The van der Waals surface area contributed by atoms with Crippen LogP contribution in [-0.4, -0.2) is 133 Å². The van der Waals surface area contributed by atoms with Crippen LogP contribution >= 0.6 is 0 Å². The van der Waals surface area contributed by atoms with Crippen molar-refractivity contribution in [2.24, 2.45) is 34.7 Å². The number of piperidine rings is 1. The zero-order chi connectivity index (χ0) is 42.9. The van der Waals surface area contributed by atoms with Crippen molar-refractivity contribution in [1.82, 2.24) is 4.90 Å². The molecule has 4 rings (SSSR count). The standard InChI is InChI=1S/C44H72N2O12/c1-11-31-19-25(2)18-26(3)20-37(54-8)40-38(55-9)22-28(5)44(52,58-40)41(49)42(50)46-17-13-12-14-33(46)43(51)57-39(29(6)35(48)24-32(31)45-56-10)27(4)21-30-15-16-34(47)36(23-30)53-7/h19,21,26,28-31,33-40,47-48,52H,11-18,20,22-24H2,1-10H3/b25-19+,27-21+,45-32?/t26-,28+,29+,30-,31+,33-,34+,35-,36+,37-,38-,39+,40+,44+/m0/s1. The number of aliphatic hydroxyl groups excluding tert-OH is 2. The highest BCUT2D eigenvalue weighted by Gasteiger charge is 2.56. The first kappa shape index (κ1) is 48.0. The van der Waals surface area contributed by atoms with Gasteiger partial charge in [-0.15, -0.1) is 0 Å². The summed E-state index contributed by atoms with van der Waals surface area (Å²) < 4.78 is 30.0. The number of methoxy groups -OCH3 is 3. The van der Waals surface area contributed by atoms with Crippen molar-refractivity contribution in [3.05, 3.63) is 23.3 Å². The van der Waals surface area contributed by atoms with E-state index in [4.69, 9.17) is 28.5 Å². The molecule has 0 aromatic carbocycles. The molecule has 3 heterocycles. The van der Waals surface area contributed by atoms with Gasteiger partial charge >= 0.3 is 5.97 Å². The zero-order valence-electron chi connectivity index (χ0n) is 36.6. The number of oxime groups is 1. The maximum Gasteiger partial charge on any atom is 0.329 e. The van der Waals surface area contributed by atoms with E-state index in [1.807, 2.05) is 19.9 Å². The summed E-state index contributed by atoms with van der Waals surface area (Å²) in [5, 5.41) is 38.9. The van der Waals surface area contributed by atoms with Gasteiger partial charge in [0, 0.05) is 52.0 Å². The predicted molar refractivity (Wildman–Crippen MR) is 218 cm³/mol. The number of allylic oxidation sites excluding steroid dienone is 3. The third-order valence-electron chi connectivity index (χ3n) is 13.1. The quantitative estimate of drug-likeness (QED) is 0.137. The van der Waals surface area contributed by atoms with Gasteiger partial charge in [-0.2, -0.15) is 0 Å². The molecule has 2 saturated heterocycles. The number of amides is 1. The molecule has 14 heteroatoms. The molecule has 58 heavy (non-hydrogen) atoms. The van der Waals surface area contributed by atoms with Gasteiger partial charge in [-0.05, 0) is 95.5 Å². The Hall–Kier alpha value is -2.72. The van der Waals surface area contributed by atoms with Crippen molar-refractivity contribution >= 4 is 23.4 Å². The number of carbonyl (C=O) groups is 3. The summed E-state index contributed by atoms with van der Waals surface area (Å²) in [6.45, 7) is 11.7. The molecule has 3 aliphatic heterocycles. The lowest BCUT2D eigenvalue weighted by molar-refractivity contribution is -0.302. The molecule has 14 nitrogen and oxygen atoms in total. The molecule has 3 fully saturated rings. The highest BCUT2D eigenvalue weighted by atomic mass is 16.7. The highest BCUT2D eigenvalue weighted by Crippen LogP contribution is 2.39. The van der Waals surface area contributed by atoms with Gasteiger partial charge < -0.3 is 48.7 Å². The van der Waals surface area contributed by atoms with Crippen molar-refractivity contribution in [3.63, 3.8) is 0 Å². The molecule has 2 bridgehead atoms. The highest BCUT2D eigenvalue weighted by molar-refractivity contribution is 6.39. The Morgan fingerprint density at radius 1 is 0.931 bits per heavy atom. The molecule has 1 amide bonds. The molecule has 0 aromatic rings. The summed E-state index contributed by atoms with van der Waals surface area (Å²) in [7, 11) is 6.16. The SMILES string of the molecule is CC[C@@H]1/C=C(\C)C[C@H](C)C[C@H](OC)[C@H]2O[C@@](O)(C(=O)C(=O)N3CCCC[C@H]3C(=O)O[C@H](/C(C)=C/[C@@H]3CC[C@@H](O)[C@H](OC)C3)[C@H](C)[C@@H](O)CC1=NOC)[C@H](C)C[C@@H]2OC. The van der Waals surface area contributed by atoms with Crippen molar-refractivity contribution in [2.45, 2.75) is 167 Å². The summed E-state index contributed by atoms with van der Waals surface area (Å²) in [4.78, 5) is 49.5. The molecule has 0 radical (unpaired) electrons. The molecule has 1 aliphatic carbocycles. The number of fused-ring (bicyclic) bond motifs is 3. The number of rotatable bonds is 7. The Balaban J connectivity index is 1.80. The number of hydrogen-bond donors (Lipinski definition) is 3. The fourth-order valence-corrected chi connectivity index (χ4v) is 9.63. The Kier molecular flexibility index (Phi) is 17.9. The van der Waals surface area contributed by atoms with Crippen molar-refractivity contribution in [2.75, 3.05) is 35.0 Å². The molecule has 0 spiro atoms. The number of aliphatic hydroxyl groups is 3. The number of Topliss-reactive ketones (excluding diaryl/α,β-unsaturated/α-hetero) is 1. The molecular weight excluding hydrogens is 748 g/mol. The summed E-state index contributed by atoms with van der Waals surface area (Å²) in [5.74, 6) is -6.85. The van der Waals surface area contributed by atoms with Crippen LogP contribution in [0.15, 0.2) is 28.5 Å². The lowest BCUT2D eigenvalue weighted by Gasteiger charge is -2.47. The Labute approximate surface area is 345 Å². The number of nitrogens with zero attached hydrogens (tertiary/aromatic N) is 2. The van der Waals surface area contributed by atoms with E-state index in [1.54, 1.807) is 28.3 Å². The first-order chi connectivity index (χ1) is 27.5. The van der Waals surface area contributed by atoms with E-state index < -0.39 is 77.9 Å². The molecule has 14 atom stereocenters. The van der Waals surface area contributed by atoms with Gasteiger partial charge in [-0.25, -0.2) is 4.79 Å². The number of ketones is 1. The average Bonchev–Trinajstić information content (AvgIpc) is 3.20. The van der Waals surface area contributed by atoms with E-state index in [-0.39, 0.29) is 49.7 Å². The monoisotopic (exact) mass is 821 g/mol. The molecule has 3 N–H and O–H groups in total. The second-order valence-electron chi connectivity index (χ2n) is 17.5. The third kappa shape index (κ3) is 11.3. The number of esters is 1. The number of carbonyl (C=O) groups excluding carboxylic acids is 3. The molecular formula is C44H72N2O12. The van der Waals surface area contributed by atoms with Gasteiger partial charge in [0.25, 0.3) is 11.7 Å². The molecule has 0 unspecified atom stereocenters. The van der Waals surface area contributed by atoms with E-state index >= 15 is 0 Å². The zero-order valence-corrected chi connectivity index (χ0v) is 36.6. The van der Waals surface area contributed by atoms with Crippen LogP contribution in [0.2, 0.25) is 0 Å². The summed E-state index contributed by atoms with van der Waals surface area (Å²) >= 11 is 0. The van der Waals surface area contributed by atoms with Gasteiger partial charge in [0.15, 0.2) is 0 Å². The average molecular weight is 821 g/mol. The molecule has 1 saturated carbocycles. The van der Waals surface area contributed by atoms with E-state index in [2.05, 4.69) is 32.0 Å². The summed E-state index contributed by atoms with van der Waals surface area (Å²) in [6, 6.07) is -1.11. The smallest absolute Gasteiger partial charge is 0.329 e. The van der Waals surface area contributed by atoms with Gasteiger partial charge in [0.2, 0.25) is 5.79 Å². The van der Waals surface area contributed by atoms with E-state index in [0.717, 1.165) is 5.57 Å².